The molecule has 0 saturated heterocycles. The van der Waals surface area contributed by atoms with Crippen molar-refractivity contribution in [3.63, 3.8) is 0 Å². The summed E-state index contributed by atoms with van der Waals surface area (Å²) in [6, 6.07) is 11.6. The van der Waals surface area contributed by atoms with Crippen LogP contribution in [0.25, 0.3) is 0 Å². The lowest BCUT2D eigenvalue weighted by atomic mass is 10.2. The van der Waals surface area contributed by atoms with Crippen molar-refractivity contribution >= 4 is 17.6 Å². The maximum absolute atomic E-state index is 12.1. The number of rotatable bonds is 10. The molecule has 0 bridgehead atoms. The molecule has 2 rings (SSSR count). The lowest BCUT2D eigenvalue weighted by Crippen LogP contribution is -2.21. The van der Waals surface area contributed by atoms with Crippen molar-refractivity contribution in [3.05, 3.63) is 48.0 Å². The summed E-state index contributed by atoms with van der Waals surface area (Å²) >= 11 is 0. The summed E-state index contributed by atoms with van der Waals surface area (Å²) in [5.74, 6) is 0.765. The van der Waals surface area contributed by atoms with E-state index in [0.29, 0.717) is 48.3 Å². The fourth-order valence-corrected chi connectivity index (χ4v) is 2.39. The van der Waals surface area contributed by atoms with E-state index in [9.17, 15) is 9.59 Å². The first kappa shape index (κ1) is 21.1. The van der Waals surface area contributed by atoms with E-state index in [-0.39, 0.29) is 0 Å². The highest BCUT2D eigenvalue weighted by atomic mass is 16.5. The zero-order valence-corrected chi connectivity index (χ0v) is 16.3. The van der Waals surface area contributed by atoms with E-state index in [2.05, 4.69) is 5.32 Å². The second kappa shape index (κ2) is 10.8. The van der Waals surface area contributed by atoms with Crippen LogP contribution in [-0.4, -0.2) is 38.3 Å². The van der Waals surface area contributed by atoms with Gasteiger partial charge in [-0.05, 0) is 57.2 Å². The van der Waals surface area contributed by atoms with Gasteiger partial charge in [0.1, 0.15) is 5.75 Å². The molecule has 0 aliphatic rings. The van der Waals surface area contributed by atoms with E-state index >= 15 is 0 Å². The van der Waals surface area contributed by atoms with Gasteiger partial charge in [-0.3, -0.25) is 4.79 Å². The van der Waals surface area contributed by atoms with Crippen molar-refractivity contribution in [3.8, 4) is 17.2 Å². The number of esters is 1. The minimum absolute atomic E-state index is 0.343. The highest BCUT2D eigenvalue weighted by Crippen LogP contribution is 2.30. The highest BCUT2D eigenvalue weighted by molar-refractivity contribution is 5.95. The normalized spacial score (nSPS) is 10.1. The van der Waals surface area contributed by atoms with Crippen LogP contribution in [0.3, 0.4) is 0 Å². The molecule has 0 saturated carbocycles. The van der Waals surface area contributed by atoms with Crippen LogP contribution in [-0.2, 0) is 9.53 Å². The number of carbonyl (C=O) groups excluding carboxylic acids is 2. The average Bonchev–Trinajstić information content (AvgIpc) is 2.69. The topological polar surface area (TPSA) is 83.1 Å². The molecule has 0 aliphatic carbocycles. The van der Waals surface area contributed by atoms with Gasteiger partial charge in [-0.15, -0.1) is 0 Å². The summed E-state index contributed by atoms with van der Waals surface area (Å²) in [5, 5.41) is 2.67. The molecule has 0 heterocycles. The molecular formula is C21H25NO6. The molecular weight excluding hydrogens is 362 g/mol. The predicted octanol–water partition coefficient (Wildman–Crippen LogP) is 3.68. The Kier molecular flexibility index (Phi) is 8.14. The maximum atomic E-state index is 12.1. The third-order valence-electron chi connectivity index (χ3n) is 3.56. The van der Waals surface area contributed by atoms with E-state index in [0.717, 1.165) is 0 Å². The third kappa shape index (κ3) is 6.19. The van der Waals surface area contributed by atoms with Crippen LogP contribution in [0.15, 0.2) is 42.5 Å². The van der Waals surface area contributed by atoms with Crippen LogP contribution in [0.4, 0.5) is 5.69 Å². The lowest BCUT2D eigenvalue weighted by molar-refractivity contribution is -0.119. The Balaban J connectivity index is 1.91. The molecule has 0 aliphatic heterocycles. The number of amides is 1. The third-order valence-corrected chi connectivity index (χ3v) is 3.56. The molecule has 0 fully saturated rings. The molecule has 2 aromatic rings. The smallest absolute Gasteiger partial charge is 0.338 e. The summed E-state index contributed by atoms with van der Waals surface area (Å²) in [6.07, 6.45) is 0. The lowest BCUT2D eigenvalue weighted by Gasteiger charge is -2.13. The molecule has 0 atom stereocenters. The second-order valence-corrected chi connectivity index (χ2v) is 5.61. The fraction of sp³-hybridized carbons (Fsp3) is 0.333. The summed E-state index contributed by atoms with van der Waals surface area (Å²) in [5.41, 5.74) is 0.866. The van der Waals surface area contributed by atoms with Gasteiger partial charge in [-0.2, -0.15) is 0 Å². The van der Waals surface area contributed by atoms with Crippen molar-refractivity contribution in [2.75, 3.05) is 31.7 Å². The molecule has 1 N–H and O–H groups in total. The first-order valence-corrected chi connectivity index (χ1v) is 9.16. The van der Waals surface area contributed by atoms with Crippen LogP contribution in [0, 0.1) is 0 Å². The number of carbonyl (C=O) groups is 2. The van der Waals surface area contributed by atoms with E-state index in [1.807, 2.05) is 20.8 Å². The molecule has 28 heavy (non-hydrogen) atoms. The molecule has 1 amide bonds. The Morgan fingerprint density at radius 1 is 0.821 bits per heavy atom. The summed E-state index contributed by atoms with van der Waals surface area (Å²) in [4.78, 5) is 24.1. The Bertz CT molecular complexity index is 788. The van der Waals surface area contributed by atoms with E-state index < -0.39 is 18.5 Å². The van der Waals surface area contributed by atoms with Crippen molar-refractivity contribution in [1.82, 2.24) is 0 Å². The number of hydrogen-bond acceptors (Lipinski definition) is 6. The summed E-state index contributed by atoms with van der Waals surface area (Å²) in [7, 11) is 0. The molecule has 0 radical (unpaired) electrons. The maximum Gasteiger partial charge on any atom is 0.338 e. The Morgan fingerprint density at radius 3 is 2.11 bits per heavy atom. The second-order valence-electron chi connectivity index (χ2n) is 5.61. The number of nitrogens with one attached hydrogen (secondary N) is 1. The van der Waals surface area contributed by atoms with Gasteiger partial charge in [0.25, 0.3) is 5.91 Å². The van der Waals surface area contributed by atoms with Crippen LogP contribution in [0.5, 0.6) is 17.2 Å². The monoisotopic (exact) mass is 387 g/mol. The van der Waals surface area contributed by atoms with Crippen molar-refractivity contribution < 1.29 is 28.5 Å². The molecule has 150 valence electrons. The Labute approximate surface area is 164 Å². The van der Waals surface area contributed by atoms with E-state index in [1.54, 1.807) is 42.5 Å². The van der Waals surface area contributed by atoms with Gasteiger partial charge in [-0.25, -0.2) is 4.79 Å². The predicted molar refractivity (Wildman–Crippen MR) is 105 cm³/mol. The fourth-order valence-electron chi connectivity index (χ4n) is 2.39. The molecule has 0 unspecified atom stereocenters. The average molecular weight is 387 g/mol. The molecule has 7 nitrogen and oxygen atoms in total. The molecule has 2 aromatic carbocycles. The standard InChI is InChI=1S/C21H25NO6/c1-4-25-17-10-7-15(8-11-17)21(24)28-14-20(23)22-16-9-12-18(26-5-2)19(13-16)27-6-3/h7-13H,4-6,14H2,1-3H3,(H,22,23). The highest BCUT2D eigenvalue weighted by Gasteiger charge is 2.12. The van der Waals surface area contributed by atoms with Crippen molar-refractivity contribution in [1.29, 1.82) is 0 Å². The van der Waals surface area contributed by atoms with E-state index in [1.165, 1.54) is 0 Å². The SMILES string of the molecule is CCOc1ccc(C(=O)OCC(=O)Nc2ccc(OCC)c(OCC)c2)cc1. The van der Waals surface area contributed by atoms with Gasteiger partial charge in [0.05, 0.1) is 25.4 Å². The number of benzene rings is 2. The molecule has 7 heteroatoms. The van der Waals surface area contributed by atoms with Crippen molar-refractivity contribution in [2.24, 2.45) is 0 Å². The van der Waals surface area contributed by atoms with Crippen molar-refractivity contribution in [2.45, 2.75) is 20.8 Å². The first-order chi connectivity index (χ1) is 13.6. The molecule has 0 aromatic heterocycles. The van der Waals surface area contributed by atoms with Crippen LogP contribution >= 0.6 is 0 Å². The zero-order valence-electron chi connectivity index (χ0n) is 16.3. The number of anilines is 1. The minimum atomic E-state index is -0.583. The van der Waals surface area contributed by atoms with E-state index in [4.69, 9.17) is 18.9 Å². The molecule has 0 spiro atoms. The minimum Gasteiger partial charge on any atom is -0.494 e. The number of hydrogen-bond donors (Lipinski definition) is 1. The quantitative estimate of drug-likeness (QED) is 0.626. The zero-order chi connectivity index (χ0) is 20.4. The number of ether oxygens (including phenoxy) is 4. The first-order valence-electron chi connectivity index (χ1n) is 9.16. The Morgan fingerprint density at radius 2 is 1.46 bits per heavy atom. The van der Waals surface area contributed by atoms with Gasteiger partial charge >= 0.3 is 5.97 Å². The van der Waals surface area contributed by atoms with Crippen LogP contribution in [0.1, 0.15) is 31.1 Å². The van der Waals surface area contributed by atoms with Crippen LogP contribution < -0.4 is 19.5 Å². The van der Waals surface area contributed by atoms with Gasteiger partial charge < -0.3 is 24.3 Å². The van der Waals surface area contributed by atoms with Crippen LogP contribution in [0.2, 0.25) is 0 Å². The van der Waals surface area contributed by atoms with Gasteiger partial charge in [0.2, 0.25) is 0 Å². The summed E-state index contributed by atoms with van der Waals surface area (Å²) < 4.78 is 21.4. The summed E-state index contributed by atoms with van der Waals surface area (Å²) in [6.45, 7) is 6.74. The van der Waals surface area contributed by atoms with Gasteiger partial charge in [0, 0.05) is 11.8 Å². The Hall–Kier alpha value is -3.22. The van der Waals surface area contributed by atoms with Gasteiger partial charge in [0.15, 0.2) is 18.1 Å². The largest absolute Gasteiger partial charge is 0.494 e. The van der Waals surface area contributed by atoms with Gasteiger partial charge in [-0.1, -0.05) is 0 Å².